The third kappa shape index (κ3) is 3.99. The predicted octanol–water partition coefficient (Wildman–Crippen LogP) is 4.74. The van der Waals surface area contributed by atoms with Gasteiger partial charge in [0.15, 0.2) is 5.75 Å². The van der Waals surface area contributed by atoms with Gasteiger partial charge in [0, 0.05) is 0 Å². The monoisotopic (exact) mass is 421 g/mol. The molecule has 0 saturated carbocycles. The highest BCUT2D eigenvalue weighted by Crippen LogP contribution is 2.37. The molecule has 0 aliphatic carbocycles. The van der Waals surface area contributed by atoms with Gasteiger partial charge in [0.05, 0.1) is 16.3 Å². The van der Waals surface area contributed by atoms with Gasteiger partial charge >= 0.3 is 12.3 Å². The first-order chi connectivity index (χ1) is 12.3. The van der Waals surface area contributed by atoms with Gasteiger partial charge in [-0.25, -0.2) is 18.0 Å². The van der Waals surface area contributed by atoms with Gasteiger partial charge in [0.2, 0.25) is 34.8 Å². The van der Waals surface area contributed by atoms with Crippen LogP contribution < -0.4 is 15.2 Å². The minimum atomic E-state index is -5.14. The molecule has 0 radical (unpaired) electrons. The van der Waals surface area contributed by atoms with Gasteiger partial charge < -0.3 is 15.2 Å². The number of halogens is 9. The molecule has 0 aliphatic rings. The van der Waals surface area contributed by atoms with Crippen molar-refractivity contribution in [2.24, 2.45) is 0 Å². The van der Waals surface area contributed by atoms with Crippen LogP contribution >= 0.6 is 11.6 Å². The van der Waals surface area contributed by atoms with Crippen molar-refractivity contribution in [1.82, 2.24) is 0 Å². The number of alkyl halides is 3. The Morgan fingerprint density at radius 3 is 1.89 bits per heavy atom. The summed E-state index contributed by atoms with van der Waals surface area (Å²) in [7, 11) is 0. The summed E-state index contributed by atoms with van der Waals surface area (Å²) in [6.07, 6.45) is -5.14. The van der Waals surface area contributed by atoms with Crippen LogP contribution in [-0.4, -0.2) is 12.3 Å². The second kappa shape index (κ2) is 7.10. The molecule has 4 nitrogen and oxygen atoms in total. The van der Waals surface area contributed by atoms with Crippen molar-refractivity contribution < 1.29 is 49.4 Å². The molecule has 0 amide bonds. The van der Waals surface area contributed by atoms with Gasteiger partial charge in [-0.2, -0.15) is 8.78 Å². The summed E-state index contributed by atoms with van der Waals surface area (Å²) in [5.74, 6) is -16.8. The lowest BCUT2D eigenvalue weighted by Gasteiger charge is -2.14. The molecule has 27 heavy (non-hydrogen) atoms. The number of hydrogen-bond donors (Lipinski definition) is 1. The molecule has 0 bridgehead atoms. The number of nitrogen functional groups attached to an aromatic ring is 1. The Hall–Kier alpha value is -2.76. The molecule has 0 atom stereocenters. The number of ether oxygens (including phenoxy) is 2. The van der Waals surface area contributed by atoms with E-state index >= 15 is 0 Å². The number of carbonyl (C=O) groups is 1. The summed E-state index contributed by atoms with van der Waals surface area (Å²) in [5.41, 5.74) is 3.55. The Bertz CT molecular complexity index is 903. The Kier molecular flexibility index (Phi) is 5.40. The van der Waals surface area contributed by atoms with Crippen molar-refractivity contribution in [3.8, 4) is 11.5 Å². The lowest BCUT2D eigenvalue weighted by Crippen LogP contribution is -2.19. The molecule has 13 heteroatoms. The summed E-state index contributed by atoms with van der Waals surface area (Å²) in [6, 6.07) is 1.11. The number of benzene rings is 2. The molecular formula is C14H4ClF8NO3. The van der Waals surface area contributed by atoms with Crippen LogP contribution in [0.1, 0.15) is 10.4 Å². The average molecular weight is 422 g/mol. The fourth-order valence-corrected chi connectivity index (χ4v) is 2.00. The van der Waals surface area contributed by atoms with Crippen molar-refractivity contribution in [2.75, 3.05) is 5.73 Å². The number of hydrogen-bond acceptors (Lipinski definition) is 4. The van der Waals surface area contributed by atoms with Crippen molar-refractivity contribution in [3.63, 3.8) is 0 Å². The third-order valence-corrected chi connectivity index (χ3v) is 3.36. The normalized spacial score (nSPS) is 11.4. The van der Waals surface area contributed by atoms with E-state index in [1.54, 1.807) is 0 Å². The number of rotatable bonds is 3. The van der Waals surface area contributed by atoms with Crippen molar-refractivity contribution in [2.45, 2.75) is 6.36 Å². The van der Waals surface area contributed by atoms with Crippen LogP contribution in [0.25, 0.3) is 0 Å². The predicted molar refractivity (Wildman–Crippen MR) is 73.7 cm³/mol. The highest BCUT2D eigenvalue weighted by Gasteiger charge is 2.33. The summed E-state index contributed by atoms with van der Waals surface area (Å²) in [6.45, 7) is 0. The van der Waals surface area contributed by atoms with Gasteiger partial charge in [-0.1, -0.05) is 11.6 Å². The average Bonchev–Trinajstić information content (AvgIpc) is 2.58. The van der Waals surface area contributed by atoms with E-state index in [4.69, 9.17) is 17.3 Å². The zero-order valence-electron chi connectivity index (χ0n) is 12.4. The molecule has 0 spiro atoms. The fraction of sp³-hybridized carbons (Fsp3) is 0.0714. The second-order valence-electron chi connectivity index (χ2n) is 4.68. The van der Waals surface area contributed by atoms with E-state index in [0.29, 0.717) is 12.1 Å². The van der Waals surface area contributed by atoms with Crippen molar-refractivity contribution >= 4 is 23.3 Å². The standard InChI is InChI=1S/C14H4ClF8NO3/c15-5-3(1-2-4(11(5)24)27-14(21,22)23)13(25)26-12-9(19)7(17)6(16)8(18)10(12)20/h1-2H,24H2. The lowest BCUT2D eigenvalue weighted by molar-refractivity contribution is -0.274. The number of nitrogens with two attached hydrogens (primary N) is 1. The van der Waals surface area contributed by atoms with E-state index < -0.39 is 69.2 Å². The fourth-order valence-electron chi connectivity index (χ4n) is 1.77. The number of anilines is 1. The van der Waals surface area contributed by atoms with E-state index in [1.165, 1.54) is 0 Å². The number of carbonyl (C=O) groups excluding carboxylic acids is 1. The van der Waals surface area contributed by atoms with Crippen LogP contribution in [-0.2, 0) is 0 Å². The van der Waals surface area contributed by atoms with Crippen LogP contribution in [0.15, 0.2) is 12.1 Å². The van der Waals surface area contributed by atoms with Gasteiger partial charge in [-0.05, 0) is 12.1 Å². The van der Waals surface area contributed by atoms with E-state index in [-0.39, 0.29) is 0 Å². The SMILES string of the molecule is Nc1c(OC(F)(F)F)ccc(C(=O)Oc2c(F)c(F)c(F)c(F)c2F)c1Cl. The maximum absolute atomic E-state index is 13.5. The molecule has 0 aromatic heterocycles. The first-order valence-corrected chi connectivity index (χ1v) is 6.80. The highest BCUT2D eigenvalue weighted by molar-refractivity contribution is 6.36. The molecule has 0 unspecified atom stereocenters. The van der Waals surface area contributed by atoms with E-state index in [1.807, 2.05) is 0 Å². The largest absolute Gasteiger partial charge is 0.573 e. The summed E-state index contributed by atoms with van der Waals surface area (Å²) in [4.78, 5) is 11.9. The minimum absolute atomic E-state index is 0.532. The van der Waals surface area contributed by atoms with E-state index in [0.717, 1.165) is 0 Å². The van der Waals surface area contributed by atoms with Crippen LogP contribution in [0.2, 0.25) is 5.02 Å². The molecule has 0 fully saturated rings. The molecule has 0 heterocycles. The smallest absolute Gasteiger partial charge is 0.416 e. The number of esters is 1. The van der Waals surface area contributed by atoms with Crippen LogP contribution in [0, 0.1) is 29.1 Å². The van der Waals surface area contributed by atoms with Crippen LogP contribution in [0.4, 0.5) is 40.8 Å². The maximum atomic E-state index is 13.5. The van der Waals surface area contributed by atoms with Gasteiger partial charge in [-0.15, -0.1) is 13.2 Å². The molecule has 0 saturated heterocycles. The topological polar surface area (TPSA) is 61.5 Å². The first-order valence-electron chi connectivity index (χ1n) is 6.42. The molecule has 2 aromatic rings. The van der Waals surface area contributed by atoms with Gasteiger partial charge in [0.1, 0.15) is 0 Å². The molecule has 0 aliphatic heterocycles. The zero-order chi connectivity index (χ0) is 20.7. The Morgan fingerprint density at radius 2 is 1.41 bits per heavy atom. The lowest BCUT2D eigenvalue weighted by atomic mass is 10.2. The van der Waals surface area contributed by atoms with Gasteiger partial charge in [-0.3, -0.25) is 0 Å². The first kappa shape index (κ1) is 20.6. The molecule has 2 rings (SSSR count). The van der Waals surface area contributed by atoms with Gasteiger partial charge in [0.25, 0.3) is 0 Å². The summed E-state index contributed by atoms with van der Waals surface area (Å²) >= 11 is 5.59. The molecule has 146 valence electrons. The van der Waals surface area contributed by atoms with Crippen molar-refractivity contribution in [3.05, 3.63) is 51.8 Å². The Balaban J connectivity index is 2.42. The Morgan fingerprint density at radius 1 is 0.926 bits per heavy atom. The third-order valence-electron chi connectivity index (χ3n) is 2.95. The Labute approximate surface area is 149 Å². The van der Waals surface area contributed by atoms with E-state index in [9.17, 15) is 39.9 Å². The molecule has 2 aromatic carbocycles. The maximum Gasteiger partial charge on any atom is 0.573 e. The second-order valence-corrected chi connectivity index (χ2v) is 5.05. The zero-order valence-corrected chi connectivity index (χ0v) is 13.1. The van der Waals surface area contributed by atoms with Crippen molar-refractivity contribution in [1.29, 1.82) is 0 Å². The van der Waals surface area contributed by atoms with Crippen LogP contribution in [0.5, 0.6) is 11.5 Å². The van der Waals surface area contributed by atoms with E-state index in [2.05, 4.69) is 9.47 Å². The molecular weight excluding hydrogens is 418 g/mol. The summed E-state index contributed by atoms with van der Waals surface area (Å²) in [5, 5.41) is -0.870. The minimum Gasteiger partial charge on any atom is -0.416 e. The molecule has 2 N–H and O–H groups in total. The highest BCUT2D eigenvalue weighted by atomic mass is 35.5. The summed E-state index contributed by atoms with van der Waals surface area (Å²) < 4.78 is 110. The quantitative estimate of drug-likeness (QED) is 0.194. The van der Waals surface area contributed by atoms with Crippen LogP contribution in [0.3, 0.4) is 0 Å².